The molecule has 1 atom stereocenters. The zero-order valence-electron chi connectivity index (χ0n) is 9.44. The fourth-order valence-electron chi connectivity index (χ4n) is 2.05. The minimum absolute atomic E-state index is 0.0327. The van der Waals surface area contributed by atoms with Crippen molar-refractivity contribution < 1.29 is 9.21 Å². The summed E-state index contributed by atoms with van der Waals surface area (Å²) in [7, 11) is 0. The van der Waals surface area contributed by atoms with Crippen LogP contribution in [0.15, 0.2) is 45.5 Å². The average Bonchev–Trinajstić information content (AvgIpc) is 2.94. The number of hydrogen-bond acceptors (Lipinski definition) is 3. The molecule has 0 bridgehead atoms. The van der Waals surface area contributed by atoms with Crippen molar-refractivity contribution in [3.05, 3.63) is 52.4 Å². The fraction of sp³-hybridized carbons (Fsp3) is 0.154. The lowest BCUT2D eigenvalue weighted by molar-refractivity contribution is -0.117. The van der Waals surface area contributed by atoms with E-state index in [1.54, 1.807) is 6.26 Å². The van der Waals surface area contributed by atoms with Gasteiger partial charge in [0.15, 0.2) is 0 Å². The van der Waals surface area contributed by atoms with Crippen molar-refractivity contribution in [1.29, 1.82) is 0 Å². The lowest BCUT2D eigenvalue weighted by atomic mass is 10.1. The molecule has 4 nitrogen and oxygen atoms in total. The van der Waals surface area contributed by atoms with Crippen molar-refractivity contribution in [1.82, 2.24) is 5.32 Å². The molecule has 1 aromatic heterocycles. The lowest BCUT2D eigenvalue weighted by Crippen LogP contribution is -2.26. The zero-order valence-corrected chi connectivity index (χ0v) is 11.0. The van der Waals surface area contributed by atoms with Crippen LogP contribution in [-0.2, 0) is 11.3 Å². The van der Waals surface area contributed by atoms with Crippen LogP contribution in [0.5, 0.6) is 0 Å². The van der Waals surface area contributed by atoms with E-state index in [-0.39, 0.29) is 11.9 Å². The van der Waals surface area contributed by atoms with Crippen LogP contribution in [0.4, 0.5) is 5.69 Å². The molecular weight excluding hydrogens is 296 g/mol. The first kappa shape index (κ1) is 11.5. The first-order valence-electron chi connectivity index (χ1n) is 5.60. The first-order valence-corrected chi connectivity index (χ1v) is 6.39. The third kappa shape index (κ3) is 2.07. The van der Waals surface area contributed by atoms with Gasteiger partial charge in [0.05, 0.1) is 12.8 Å². The van der Waals surface area contributed by atoms with E-state index in [4.69, 9.17) is 4.42 Å². The van der Waals surface area contributed by atoms with Gasteiger partial charge in [0.2, 0.25) is 5.91 Å². The zero-order chi connectivity index (χ0) is 12.5. The maximum absolute atomic E-state index is 11.9. The van der Waals surface area contributed by atoms with Crippen molar-refractivity contribution in [2.45, 2.75) is 12.6 Å². The van der Waals surface area contributed by atoms with Gasteiger partial charge in [-0.3, -0.25) is 10.1 Å². The smallest absolute Gasteiger partial charge is 0.246 e. The molecule has 92 valence electrons. The molecule has 5 heteroatoms. The highest BCUT2D eigenvalue weighted by Gasteiger charge is 2.30. The van der Waals surface area contributed by atoms with Gasteiger partial charge in [-0.2, -0.15) is 0 Å². The van der Waals surface area contributed by atoms with Gasteiger partial charge < -0.3 is 9.73 Å². The monoisotopic (exact) mass is 306 g/mol. The Hall–Kier alpha value is -1.59. The molecule has 0 aliphatic carbocycles. The van der Waals surface area contributed by atoms with Crippen LogP contribution in [0.2, 0.25) is 0 Å². The minimum atomic E-state index is -0.331. The Balaban J connectivity index is 1.80. The van der Waals surface area contributed by atoms with Gasteiger partial charge in [0.1, 0.15) is 11.8 Å². The topological polar surface area (TPSA) is 54.3 Å². The summed E-state index contributed by atoms with van der Waals surface area (Å²) in [5, 5.41) is 6.04. The van der Waals surface area contributed by atoms with Gasteiger partial charge in [-0.25, -0.2) is 0 Å². The molecule has 0 spiro atoms. The summed E-state index contributed by atoms with van der Waals surface area (Å²) in [6.45, 7) is 0.525. The number of fused-ring (bicyclic) bond motifs is 1. The summed E-state index contributed by atoms with van der Waals surface area (Å²) in [5.41, 5.74) is 1.82. The van der Waals surface area contributed by atoms with E-state index in [0.29, 0.717) is 6.54 Å². The van der Waals surface area contributed by atoms with Gasteiger partial charge >= 0.3 is 0 Å². The SMILES string of the molecule is O=C1Nc2ccc(Br)cc2C1NCc1ccco1. The van der Waals surface area contributed by atoms with Gasteiger partial charge in [-0.1, -0.05) is 15.9 Å². The molecule has 2 N–H and O–H groups in total. The van der Waals surface area contributed by atoms with Crippen molar-refractivity contribution in [2.24, 2.45) is 0 Å². The molecule has 1 unspecified atom stereocenters. The number of nitrogens with one attached hydrogen (secondary N) is 2. The van der Waals surface area contributed by atoms with Crippen molar-refractivity contribution >= 4 is 27.5 Å². The van der Waals surface area contributed by atoms with Crippen LogP contribution in [-0.4, -0.2) is 5.91 Å². The van der Waals surface area contributed by atoms with E-state index in [9.17, 15) is 4.79 Å². The molecule has 0 saturated carbocycles. The van der Waals surface area contributed by atoms with Crippen molar-refractivity contribution in [3.63, 3.8) is 0 Å². The molecule has 2 aromatic rings. The second-order valence-electron chi connectivity index (χ2n) is 4.11. The molecule has 0 fully saturated rings. The number of anilines is 1. The number of rotatable bonds is 3. The number of halogens is 1. The van der Waals surface area contributed by atoms with Gasteiger partial charge in [-0.05, 0) is 30.3 Å². The van der Waals surface area contributed by atoms with Gasteiger partial charge in [0.25, 0.3) is 0 Å². The number of amides is 1. The van der Waals surface area contributed by atoms with E-state index in [0.717, 1.165) is 21.5 Å². The van der Waals surface area contributed by atoms with Crippen LogP contribution < -0.4 is 10.6 Å². The van der Waals surface area contributed by atoms with Crippen molar-refractivity contribution in [3.8, 4) is 0 Å². The number of carbonyl (C=O) groups is 1. The molecule has 0 saturated heterocycles. The number of carbonyl (C=O) groups excluding carboxylic acids is 1. The van der Waals surface area contributed by atoms with Crippen LogP contribution in [0.1, 0.15) is 17.4 Å². The molecule has 3 rings (SSSR count). The van der Waals surface area contributed by atoms with E-state index in [1.807, 2.05) is 30.3 Å². The highest BCUT2D eigenvalue weighted by atomic mass is 79.9. The molecule has 1 amide bonds. The summed E-state index contributed by atoms with van der Waals surface area (Å²) >= 11 is 3.42. The maximum atomic E-state index is 11.9. The van der Waals surface area contributed by atoms with Crippen molar-refractivity contribution in [2.75, 3.05) is 5.32 Å². The molecular formula is C13H11BrN2O2. The standard InChI is InChI=1S/C13H11BrN2O2/c14-8-3-4-11-10(6-8)12(13(17)16-11)15-7-9-2-1-5-18-9/h1-6,12,15H,7H2,(H,16,17). The van der Waals surface area contributed by atoms with Crippen LogP contribution in [0.3, 0.4) is 0 Å². The first-order chi connectivity index (χ1) is 8.74. The molecule has 1 aromatic carbocycles. The maximum Gasteiger partial charge on any atom is 0.246 e. The van der Waals surface area contributed by atoms with E-state index < -0.39 is 0 Å². The summed E-state index contributed by atoms with van der Waals surface area (Å²) in [6.07, 6.45) is 1.62. The van der Waals surface area contributed by atoms with E-state index >= 15 is 0 Å². The fourth-order valence-corrected chi connectivity index (χ4v) is 2.43. The summed E-state index contributed by atoms with van der Waals surface area (Å²) in [4.78, 5) is 11.9. The summed E-state index contributed by atoms with van der Waals surface area (Å²) in [6, 6.07) is 9.13. The van der Waals surface area contributed by atoms with Crippen LogP contribution >= 0.6 is 15.9 Å². The Morgan fingerprint density at radius 3 is 3.06 bits per heavy atom. The Morgan fingerprint density at radius 2 is 2.28 bits per heavy atom. The summed E-state index contributed by atoms with van der Waals surface area (Å²) in [5.74, 6) is 0.779. The highest BCUT2D eigenvalue weighted by Crippen LogP contribution is 2.33. The quantitative estimate of drug-likeness (QED) is 0.917. The summed E-state index contributed by atoms with van der Waals surface area (Å²) < 4.78 is 6.20. The second kappa shape index (κ2) is 4.59. The lowest BCUT2D eigenvalue weighted by Gasteiger charge is -2.10. The Kier molecular flexibility index (Phi) is 2.93. The predicted molar refractivity (Wildman–Crippen MR) is 71.1 cm³/mol. The second-order valence-corrected chi connectivity index (χ2v) is 5.03. The third-order valence-corrected chi connectivity index (χ3v) is 3.40. The van der Waals surface area contributed by atoms with Gasteiger partial charge in [-0.15, -0.1) is 0 Å². The third-order valence-electron chi connectivity index (χ3n) is 2.91. The molecule has 2 heterocycles. The minimum Gasteiger partial charge on any atom is -0.468 e. The van der Waals surface area contributed by atoms with Gasteiger partial charge in [0, 0.05) is 15.7 Å². The highest BCUT2D eigenvalue weighted by molar-refractivity contribution is 9.10. The van der Waals surface area contributed by atoms with E-state index in [1.165, 1.54) is 0 Å². The molecule has 1 aliphatic rings. The molecule has 18 heavy (non-hydrogen) atoms. The Labute approximate surface area is 113 Å². The Morgan fingerprint density at radius 1 is 1.39 bits per heavy atom. The molecule has 0 radical (unpaired) electrons. The van der Waals surface area contributed by atoms with Crippen LogP contribution in [0, 0.1) is 0 Å². The Bertz CT molecular complexity index is 581. The predicted octanol–water partition coefficient (Wildman–Crippen LogP) is 2.83. The van der Waals surface area contributed by atoms with Crippen LogP contribution in [0.25, 0.3) is 0 Å². The number of hydrogen-bond donors (Lipinski definition) is 2. The largest absolute Gasteiger partial charge is 0.468 e. The number of benzene rings is 1. The van der Waals surface area contributed by atoms with E-state index in [2.05, 4.69) is 26.6 Å². The normalized spacial score (nSPS) is 17.6. The molecule has 1 aliphatic heterocycles. The average molecular weight is 307 g/mol. The number of furan rings is 1.